The summed E-state index contributed by atoms with van der Waals surface area (Å²) in [5.41, 5.74) is 0.264. The third-order valence-corrected chi connectivity index (χ3v) is 2.66. The van der Waals surface area contributed by atoms with Gasteiger partial charge in [-0.1, -0.05) is 6.92 Å². The molecule has 0 aromatic carbocycles. The van der Waals surface area contributed by atoms with Crippen LogP contribution in [0.2, 0.25) is 0 Å². The number of Topliss-reactive ketones (excluding diaryl/α,β-unsaturated/α-hetero) is 1. The maximum Gasteiger partial charge on any atom is 0.375 e. The van der Waals surface area contributed by atoms with Crippen LogP contribution in [-0.2, 0) is 9.47 Å². The van der Waals surface area contributed by atoms with Gasteiger partial charge in [0.15, 0.2) is 11.5 Å². The fourth-order valence-electron chi connectivity index (χ4n) is 1.73. The molecule has 0 bridgehead atoms. The van der Waals surface area contributed by atoms with E-state index < -0.39 is 11.9 Å². The minimum Gasteiger partial charge on any atom is -0.462 e. The zero-order valence-electron chi connectivity index (χ0n) is 12.1. The fourth-order valence-corrected chi connectivity index (χ4v) is 1.73. The fraction of sp³-hybridized carbons (Fsp3) is 0.500. The van der Waals surface area contributed by atoms with Gasteiger partial charge in [0.05, 0.1) is 13.2 Å². The molecule has 0 atom stereocenters. The van der Waals surface area contributed by atoms with Gasteiger partial charge in [-0.05, 0) is 20.8 Å². The van der Waals surface area contributed by atoms with Crippen molar-refractivity contribution in [2.24, 2.45) is 0 Å². The highest BCUT2D eigenvalue weighted by molar-refractivity contribution is 6.06. The molecule has 0 aliphatic heterocycles. The maximum atomic E-state index is 11.9. The number of furan rings is 1. The normalized spacial score (nSPS) is 10.2. The molecule has 110 valence electrons. The summed E-state index contributed by atoms with van der Waals surface area (Å²) in [6.45, 7) is 6.78. The lowest BCUT2D eigenvalue weighted by atomic mass is 10.1. The monoisotopic (exact) mass is 282 g/mol. The van der Waals surface area contributed by atoms with E-state index in [0.717, 1.165) is 0 Å². The second kappa shape index (κ2) is 6.88. The first kappa shape index (κ1) is 15.9. The predicted molar refractivity (Wildman–Crippen MR) is 70.0 cm³/mol. The van der Waals surface area contributed by atoms with Crippen LogP contribution in [0.15, 0.2) is 4.42 Å². The zero-order valence-corrected chi connectivity index (χ0v) is 12.1. The van der Waals surface area contributed by atoms with Crippen LogP contribution in [-0.4, -0.2) is 30.9 Å². The second-order valence-electron chi connectivity index (χ2n) is 3.98. The molecule has 6 nitrogen and oxygen atoms in total. The molecule has 0 aliphatic rings. The van der Waals surface area contributed by atoms with Gasteiger partial charge in [0.2, 0.25) is 5.76 Å². The summed E-state index contributed by atoms with van der Waals surface area (Å²) in [5, 5.41) is 0. The van der Waals surface area contributed by atoms with Gasteiger partial charge in [-0.3, -0.25) is 4.79 Å². The van der Waals surface area contributed by atoms with Gasteiger partial charge in [-0.2, -0.15) is 0 Å². The standard InChI is InChI=1S/C14H18O6/c1-5-9(15)11-8(4)10(13(16)18-6-2)12(20-11)14(17)19-7-3/h5-7H2,1-4H3. The van der Waals surface area contributed by atoms with Crippen molar-refractivity contribution < 1.29 is 28.3 Å². The Morgan fingerprint density at radius 3 is 2.00 bits per heavy atom. The van der Waals surface area contributed by atoms with Gasteiger partial charge in [-0.15, -0.1) is 0 Å². The van der Waals surface area contributed by atoms with Crippen LogP contribution in [0.1, 0.15) is 64.2 Å². The summed E-state index contributed by atoms with van der Waals surface area (Å²) in [6.07, 6.45) is 0.207. The Balaban J connectivity index is 3.36. The first-order valence-corrected chi connectivity index (χ1v) is 6.48. The van der Waals surface area contributed by atoms with Gasteiger partial charge in [-0.25, -0.2) is 9.59 Å². The van der Waals surface area contributed by atoms with Crippen molar-refractivity contribution in [2.45, 2.75) is 34.1 Å². The third kappa shape index (κ3) is 3.07. The number of hydrogen-bond acceptors (Lipinski definition) is 6. The number of carbonyl (C=O) groups is 3. The summed E-state index contributed by atoms with van der Waals surface area (Å²) in [4.78, 5) is 35.5. The summed E-state index contributed by atoms with van der Waals surface area (Å²) >= 11 is 0. The van der Waals surface area contributed by atoms with E-state index >= 15 is 0 Å². The molecule has 1 heterocycles. The number of rotatable bonds is 6. The van der Waals surface area contributed by atoms with Crippen molar-refractivity contribution >= 4 is 17.7 Å². The summed E-state index contributed by atoms with van der Waals surface area (Å²) < 4.78 is 15.0. The Morgan fingerprint density at radius 2 is 1.50 bits per heavy atom. The predicted octanol–water partition coefficient (Wildman–Crippen LogP) is 2.53. The van der Waals surface area contributed by atoms with Crippen molar-refractivity contribution in [3.05, 3.63) is 22.6 Å². The lowest BCUT2D eigenvalue weighted by Gasteiger charge is -2.03. The number of hydrogen-bond donors (Lipinski definition) is 0. The smallest absolute Gasteiger partial charge is 0.375 e. The summed E-state index contributed by atoms with van der Waals surface area (Å²) in [6, 6.07) is 0. The van der Waals surface area contributed by atoms with E-state index in [-0.39, 0.29) is 42.5 Å². The Labute approximate surface area is 117 Å². The quantitative estimate of drug-likeness (QED) is 0.589. The van der Waals surface area contributed by atoms with Gasteiger partial charge in [0, 0.05) is 12.0 Å². The number of ether oxygens (including phenoxy) is 2. The number of carbonyl (C=O) groups excluding carboxylic acids is 3. The minimum absolute atomic E-state index is 0.00129. The molecule has 0 saturated heterocycles. The molecule has 20 heavy (non-hydrogen) atoms. The molecular weight excluding hydrogens is 264 g/mol. The van der Waals surface area contributed by atoms with Crippen LogP contribution in [0.5, 0.6) is 0 Å². The Bertz CT molecular complexity index is 526. The van der Waals surface area contributed by atoms with Gasteiger partial charge >= 0.3 is 11.9 Å². The zero-order chi connectivity index (χ0) is 15.3. The molecular formula is C14H18O6. The average Bonchev–Trinajstić information content (AvgIpc) is 2.76. The van der Waals surface area contributed by atoms with Crippen molar-refractivity contribution in [1.29, 1.82) is 0 Å². The van der Waals surface area contributed by atoms with Crippen LogP contribution in [0.4, 0.5) is 0 Å². The number of esters is 2. The molecule has 0 saturated carbocycles. The Hall–Kier alpha value is -2.11. The highest BCUT2D eigenvalue weighted by Gasteiger charge is 2.31. The van der Waals surface area contributed by atoms with E-state index in [1.54, 1.807) is 27.7 Å². The van der Waals surface area contributed by atoms with Crippen LogP contribution >= 0.6 is 0 Å². The summed E-state index contributed by atoms with van der Waals surface area (Å²) in [7, 11) is 0. The Kier molecular flexibility index (Phi) is 5.49. The highest BCUT2D eigenvalue weighted by atomic mass is 16.5. The average molecular weight is 282 g/mol. The molecule has 1 rings (SSSR count). The molecule has 1 aromatic heterocycles. The summed E-state index contributed by atoms with van der Waals surface area (Å²) in [5.74, 6) is -2.05. The van der Waals surface area contributed by atoms with E-state index in [1.807, 2.05) is 0 Å². The highest BCUT2D eigenvalue weighted by Crippen LogP contribution is 2.25. The van der Waals surface area contributed by atoms with Crippen LogP contribution in [0, 0.1) is 6.92 Å². The lowest BCUT2D eigenvalue weighted by Crippen LogP contribution is -2.13. The molecule has 0 spiro atoms. The van der Waals surface area contributed by atoms with Crippen LogP contribution in [0.3, 0.4) is 0 Å². The topological polar surface area (TPSA) is 82.8 Å². The third-order valence-electron chi connectivity index (χ3n) is 2.66. The molecule has 1 aromatic rings. The van der Waals surface area contributed by atoms with E-state index in [1.165, 1.54) is 0 Å². The minimum atomic E-state index is -0.784. The van der Waals surface area contributed by atoms with Crippen molar-refractivity contribution in [1.82, 2.24) is 0 Å². The lowest BCUT2D eigenvalue weighted by molar-refractivity contribution is 0.0450. The van der Waals surface area contributed by atoms with E-state index in [0.29, 0.717) is 5.56 Å². The first-order valence-electron chi connectivity index (χ1n) is 6.48. The van der Waals surface area contributed by atoms with E-state index in [9.17, 15) is 14.4 Å². The Morgan fingerprint density at radius 1 is 0.950 bits per heavy atom. The molecule has 0 aliphatic carbocycles. The van der Waals surface area contributed by atoms with Gasteiger partial charge in [0.25, 0.3) is 0 Å². The molecule has 6 heteroatoms. The molecule has 0 unspecified atom stereocenters. The van der Waals surface area contributed by atoms with Crippen LogP contribution in [0.25, 0.3) is 0 Å². The van der Waals surface area contributed by atoms with Crippen molar-refractivity contribution in [3.8, 4) is 0 Å². The van der Waals surface area contributed by atoms with Crippen LogP contribution < -0.4 is 0 Å². The van der Waals surface area contributed by atoms with Crippen molar-refractivity contribution in [2.75, 3.05) is 13.2 Å². The number of ketones is 1. The molecule has 0 amide bonds. The SMILES string of the molecule is CCOC(=O)c1oc(C(=O)CC)c(C)c1C(=O)OCC. The molecule has 0 radical (unpaired) electrons. The largest absolute Gasteiger partial charge is 0.462 e. The van der Waals surface area contributed by atoms with Gasteiger partial charge in [0.1, 0.15) is 5.56 Å². The molecule has 0 fully saturated rings. The van der Waals surface area contributed by atoms with E-state index in [2.05, 4.69) is 0 Å². The second-order valence-corrected chi connectivity index (χ2v) is 3.98. The molecule has 0 N–H and O–H groups in total. The maximum absolute atomic E-state index is 11.9. The van der Waals surface area contributed by atoms with E-state index in [4.69, 9.17) is 13.9 Å². The first-order chi connectivity index (χ1) is 9.47. The van der Waals surface area contributed by atoms with Gasteiger partial charge < -0.3 is 13.9 Å². The van der Waals surface area contributed by atoms with Crippen molar-refractivity contribution in [3.63, 3.8) is 0 Å².